The molecule has 104 valence electrons. The Hall–Kier alpha value is -1.85. The van der Waals surface area contributed by atoms with Gasteiger partial charge in [0.25, 0.3) is 0 Å². The summed E-state index contributed by atoms with van der Waals surface area (Å²) in [7, 11) is 1.87. The second-order valence-corrected chi connectivity index (χ2v) is 5.07. The highest BCUT2D eigenvalue weighted by Crippen LogP contribution is 2.29. The van der Waals surface area contributed by atoms with Gasteiger partial charge in [-0.25, -0.2) is 4.98 Å². The predicted molar refractivity (Wildman–Crippen MR) is 68.1 cm³/mol. The lowest BCUT2D eigenvalue weighted by molar-refractivity contribution is -0.144. The Morgan fingerprint density at radius 3 is 2.84 bits per heavy atom. The Morgan fingerprint density at radius 1 is 1.47 bits per heavy atom. The molecule has 2 atom stereocenters. The van der Waals surface area contributed by atoms with Gasteiger partial charge in [-0.2, -0.15) is 0 Å². The number of rotatable bonds is 4. The van der Waals surface area contributed by atoms with E-state index in [1.165, 1.54) is 0 Å². The summed E-state index contributed by atoms with van der Waals surface area (Å²) < 4.78 is 1.85. The minimum Gasteiger partial charge on any atom is -0.481 e. The van der Waals surface area contributed by atoms with Gasteiger partial charge >= 0.3 is 5.97 Å². The first-order valence-electron chi connectivity index (χ1n) is 6.54. The third-order valence-electron chi connectivity index (χ3n) is 3.74. The number of carboxylic acids is 1. The highest BCUT2D eigenvalue weighted by atomic mass is 16.4. The number of carboxylic acid groups (broad SMARTS) is 1. The normalized spacial score (nSPS) is 23.0. The van der Waals surface area contributed by atoms with Crippen LogP contribution in [-0.2, 0) is 23.2 Å². The van der Waals surface area contributed by atoms with Crippen LogP contribution in [0.3, 0.4) is 0 Å². The molecule has 19 heavy (non-hydrogen) atoms. The molecule has 1 aromatic rings. The summed E-state index contributed by atoms with van der Waals surface area (Å²) >= 11 is 0. The zero-order valence-electron chi connectivity index (χ0n) is 11.0. The fraction of sp³-hybridized carbons (Fsp3) is 0.615. The van der Waals surface area contributed by atoms with Crippen molar-refractivity contribution >= 4 is 11.9 Å². The fourth-order valence-corrected chi connectivity index (χ4v) is 2.53. The summed E-state index contributed by atoms with van der Waals surface area (Å²) in [5.41, 5.74) is 0. The van der Waals surface area contributed by atoms with Gasteiger partial charge in [0.2, 0.25) is 5.91 Å². The molecule has 1 aliphatic carbocycles. The van der Waals surface area contributed by atoms with E-state index in [9.17, 15) is 9.59 Å². The molecule has 2 N–H and O–H groups in total. The minimum atomic E-state index is -0.790. The summed E-state index contributed by atoms with van der Waals surface area (Å²) in [6.45, 7) is 0.385. The van der Waals surface area contributed by atoms with Crippen molar-refractivity contribution in [2.24, 2.45) is 18.9 Å². The number of aryl methyl sites for hydroxylation is 1. The second kappa shape index (κ2) is 5.86. The molecule has 1 saturated carbocycles. The average molecular weight is 265 g/mol. The van der Waals surface area contributed by atoms with Gasteiger partial charge in [0.1, 0.15) is 5.82 Å². The maximum Gasteiger partial charge on any atom is 0.306 e. The highest BCUT2D eigenvalue weighted by molar-refractivity contribution is 5.80. The van der Waals surface area contributed by atoms with E-state index >= 15 is 0 Å². The molecule has 6 heteroatoms. The number of nitrogens with zero attached hydrogens (tertiary/aromatic N) is 2. The zero-order chi connectivity index (χ0) is 13.8. The fourth-order valence-electron chi connectivity index (χ4n) is 2.53. The van der Waals surface area contributed by atoms with Crippen LogP contribution in [0, 0.1) is 11.8 Å². The third kappa shape index (κ3) is 3.33. The maximum atomic E-state index is 12.0. The van der Waals surface area contributed by atoms with Crippen molar-refractivity contribution in [2.75, 3.05) is 0 Å². The summed E-state index contributed by atoms with van der Waals surface area (Å²) in [5, 5.41) is 11.8. The van der Waals surface area contributed by atoms with E-state index in [1.54, 1.807) is 6.20 Å². The Kier molecular flexibility index (Phi) is 4.19. The molecule has 2 unspecified atom stereocenters. The number of carbonyl (C=O) groups is 2. The van der Waals surface area contributed by atoms with Crippen LogP contribution in [0.5, 0.6) is 0 Å². The van der Waals surface area contributed by atoms with Crippen LogP contribution in [0.4, 0.5) is 0 Å². The smallest absolute Gasteiger partial charge is 0.306 e. The first-order chi connectivity index (χ1) is 9.08. The second-order valence-electron chi connectivity index (χ2n) is 5.07. The molecule has 1 heterocycles. The number of hydrogen-bond acceptors (Lipinski definition) is 3. The van der Waals surface area contributed by atoms with Crippen LogP contribution >= 0.6 is 0 Å². The van der Waals surface area contributed by atoms with E-state index in [-0.39, 0.29) is 17.7 Å². The largest absolute Gasteiger partial charge is 0.481 e. The Labute approximate surface area is 111 Å². The maximum absolute atomic E-state index is 12.0. The topological polar surface area (TPSA) is 84.2 Å². The lowest BCUT2D eigenvalue weighted by atomic mass is 9.81. The monoisotopic (exact) mass is 265 g/mol. The molecule has 1 fully saturated rings. The molecule has 0 bridgehead atoms. The van der Waals surface area contributed by atoms with Crippen LogP contribution in [0.2, 0.25) is 0 Å². The number of imidazole rings is 1. The van der Waals surface area contributed by atoms with Crippen molar-refractivity contribution in [2.45, 2.75) is 32.2 Å². The number of carbonyl (C=O) groups excluding carboxylic acids is 1. The van der Waals surface area contributed by atoms with Crippen LogP contribution < -0.4 is 5.32 Å². The van der Waals surface area contributed by atoms with Gasteiger partial charge in [-0.15, -0.1) is 0 Å². The minimum absolute atomic E-state index is 0.0612. The molecule has 0 aromatic carbocycles. The number of amides is 1. The molecule has 1 aromatic heterocycles. The lowest BCUT2D eigenvalue weighted by Crippen LogP contribution is -2.35. The number of nitrogens with one attached hydrogen (secondary N) is 1. The highest BCUT2D eigenvalue weighted by Gasteiger charge is 2.30. The SMILES string of the molecule is Cn1ccnc1CNC(=O)C1CCCC(C(=O)O)C1. The van der Waals surface area contributed by atoms with E-state index in [1.807, 2.05) is 17.8 Å². The number of aromatic nitrogens is 2. The first-order valence-corrected chi connectivity index (χ1v) is 6.54. The molecule has 0 saturated heterocycles. The molecule has 1 aliphatic rings. The molecular weight excluding hydrogens is 246 g/mol. The number of hydrogen-bond donors (Lipinski definition) is 2. The first kappa shape index (κ1) is 13.6. The summed E-state index contributed by atoms with van der Waals surface area (Å²) in [4.78, 5) is 27.1. The summed E-state index contributed by atoms with van der Waals surface area (Å²) in [6, 6.07) is 0. The van der Waals surface area contributed by atoms with Crippen molar-refractivity contribution in [3.8, 4) is 0 Å². The quantitative estimate of drug-likeness (QED) is 0.848. The van der Waals surface area contributed by atoms with Gasteiger partial charge in [0, 0.05) is 25.4 Å². The average Bonchev–Trinajstić information content (AvgIpc) is 2.81. The van der Waals surface area contributed by atoms with Crippen LogP contribution in [0.25, 0.3) is 0 Å². The van der Waals surface area contributed by atoms with E-state index in [0.717, 1.165) is 18.7 Å². The van der Waals surface area contributed by atoms with Gasteiger partial charge in [-0.3, -0.25) is 9.59 Å². The van der Waals surface area contributed by atoms with E-state index < -0.39 is 5.97 Å². The van der Waals surface area contributed by atoms with Gasteiger partial charge < -0.3 is 15.0 Å². The van der Waals surface area contributed by atoms with Gasteiger partial charge in [0.05, 0.1) is 12.5 Å². The molecule has 2 rings (SSSR count). The van der Waals surface area contributed by atoms with E-state index in [2.05, 4.69) is 10.3 Å². The summed E-state index contributed by atoms with van der Waals surface area (Å²) in [6.07, 6.45) is 6.21. The van der Waals surface area contributed by atoms with Crippen molar-refractivity contribution in [1.29, 1.82) is 0 Å². The third-order valence-corrected chi connectivity index (χ3v) is 3.74. The molecule has 6 nitrogen and oxygen atoms in total. The van der Waals surface area contributed by atoms with E-state index in [4.69, 9.17) is 5.11 Å². The molecule has 0 spiro atoms. The Morgan fingerprint density at radius 2 is 2.21 bits per heavy atom. The molecular formula is C13H19N3O3. The standard InChI is InChI=1S/C13H19N3O3/c1-16-6-5-14-11(16)8-15-12(17)9-3-2-4-10(7-9)13(18)19/h5-6,9-10H,2-4,7-8H2,1H3,(H,15,17)(H,18,19). The Bertz CT molecular complexity index is 469. The molecule has 1 amide bonds. The van der Waals surface area contributed by atoms with E-state index in [0.29, 0.717) is 19.4 Å². The number of aliphatic carboxylic acids is 1. The Balaban J connectivity index is 1.86. The van der Waals surface area contributed by atoms with Crippen molar-refractivity contribution in [3.05, 3.63) is 18.2 Å². The molecule has 0 aliphatic heterocycles. The van der Waals surface area contributed by atoms with Crippen molar-refractivity contribution in [3.63, 3.8) is 0 Å². The van der Waals surface area contributed by atoms with Gasteiger partial charge in [-0.1, -0.05) is 6.42 Å². The van der Waals surface area contributed by atoms with Crippen LogP contribution in [-0.4, -0.2) is 26.5 Å². The lowest BCUT2D eigenvalue weighted by Gasteiger charge is -2.25. The predicted octanol–water partition coefficient (Wildman–Crippen LogP) is 0.927. The zero-order valence-corrected chi connectivity index (χ0v) is 11.0. The van der Waals surface area contributed by atoms with Gasteiger partial charge in [0.15, 0.2) is 0 Å². The van der Waals surface area contributed by atoms with Crippen LogP contribution in [0.15, 0.2) is 12.4 Å². The van der Waals surface area contributed by atoms with Gasteiger partial charge in [-0.05, 0) is 19.3 Å². The molecule has 0 radical (unpaired) electrons. The van der Waals surface area contributed by atoms with Crippen LogP contribution in [0.1, 0.15) is 31.5 Å². The van der Waals surface area contributed by atoms with Crippen molar-refractivity contribution < 1.29 is 14.7 Å². The van der Waals surface area contributed by atoms with Crippen molar-refractivity contribution in [1.82, 2.24) is 14.9 Å². The summed E-state index contributed by atoms with van der Waals surface area (Å²) in [5.74, 6) is -0.623.